The number of carbonyl (C=O) groups excluding carboxylic acids is 2. The van der Waals surface area contributed by atoms with Crippen LogP contribution in [0.1, 0.15) is 42.2 Å². The minimum absolute atomic E-state index is 0.0701. The number of anilines is 2. The quantitative estimate of drug-likeness (QED) is 0.430. The predicted molar refractivity (Wildman–Crippen MR) is 135 cm³/mol. The van der Waals surface area contributed by atoms with E-state index >= 15 is 0 Å². The molecule has 1 aromatic carbocycles. The number of esters is 1. The summed E-state index contributed by atoms with van der Waals surface area (Å²) < 4.78 is 24.1. The van der Waals surface area contributed by atoms with Crippen molar-refractivity contribution in [2.75, 3.05) is 45.9 Å². The molecular formula is C24H32BN5O6. The number of carbonyl (C=O) groups is 2. The van der Waals surface area contributed by atoms with Crippen molar-refractivity contribution in [3.63, 3.8) is 0 Å². The number of nitrogens with two attached hydrogens (primary N) is 1. The average molecular weight is 497 g/mol. The van der Waals surface area contributed by atoms with Gasteiger partial charge in [-0.15, -0.1) is 0 Å². The number of hydrogen-bond acceptors (Lipinski definition) is 9. The van der Waals surface area contributed by atoms with Gasteiger partial charge in [0.05, 0.1) is 26.7 Å². The number of nitrogens with zero attached hydrogens (tertiary/aromatic N) is 3. The second-order valence-corrected chi connectivity index (χ2v) is 9.70. The van der Waals surface area contributed by atoms with E-state index in [0.29, 0.717) is 49.8 Å². The van der Waals surface area contributed by atoms with Crippen molar-refractivity contribution >= 4 is 41.7 Å². The number of aliphatic imine (C=N–C) groups is 1. The molecule has 2 aliphatic rings. The summed E-state index contributed by atoms with van der Waals surface area (Å²) in [6.07, 6.45) is 2.37. The van der Waals surface area contributed by atoms with Crippen molar-refractivity contribution in [1.29, 1.82) is 0 Å². The van der Waals surface area contributed by atoms with Gasteiger partial charge in [-0.1, -0.05) is 19.9 Å². The van der Waals surface area contributed by atoms with Crippen LogP contribution in [0.25, 0.3) is 0 Å². The highest BCUT2D eigenvalue weighted by Gasteiger charge is 2.35. The number of amides is 1. The Morgan fingerprint density at radius 1 is 1.33 bits per heavy atom. The van der Waals surface area contributed by atoms with Crippen LogP contribution in [-0.4, -0.2) is 75.1 Å². The normalized spacial score (nSPS) is 20.8. The number of benzene rings is 1. The third-order valence-electron chi connectivity index (χ3n) is 6.24. The molecule has 1 unspecified atom stereocenters. The lowest BCUT2D eigenvalue weighted by atomic mass is 9.72. The van der Waals surface area contributed by atoms with Crippen molar-refractivity contribution in [3.8, 4) is 0 Å². The van der Waals surface area contributed by atoms with E-state index in [9.17, 15) is 9.59 Å². The highest BCUT2D eigenvalue weighted by molar-refractivity contribution is 6.62. The summed E-state index contributed by atoms with van der Waals surface area (Å²) in [7, 11) is 2.44. The van der Waals surface area contributed by atoms with Crippen LogP contribution in [0.3, 0.4) is 0 Å². The highest BCUT2D eigenvalue weighted by Crippen LogP contribution is 2.26. The summed E-state index contributed by atoms with van der Waals surface area (Å²) in [5, 5.41) is 7.80. The predicted octanol–water partition coefficient (Wildman–Crippen LogP) is 1.24. The molecule has 192 valence electrons. The monoisotopic (exact) mass is 497 g/mol. The number of primary amides is 1. The Balaban J connectivity index is 1.65. The van der Waals surface area contributed by atoms with E-state index in [1.807, 2.05) is 6.07 Å². The largest absolute Gasteiger partial charge is 0.494 e. The van der Waals surface area contributed by atoms with Crippen LogP contribution in [0.5, 0.6) is 0 Å². The van der Waals surface area contributed by atoms with E-state index < -0.39 is 13.0 Å². The van der Waals surface area contributed by atoms with Crippen molar-refractivity contribution in [3.05, 3.63) is 35.5 Å². The van der Waals surface area contributed by atoms with Crippen molar-refractivity contribution in [2.24, 2.45) is 16.1 Å². The number of nitrogens with one attached hydrogen (secondary N) is 1. The molecule has 0 bridgehead atoms. The van der Waals surface area contributed by atoms with Crippen LogP contribution >= 0.6 is 0 Å². The van der Waals surface area contributed by atoms with Crippen LogP contribution in [-0.2, 0) is 30.0 Å². The molecule has 1 amide bonds. The lowest BCUT2D eigenvalue weighted by Gasteiger charge is -2.33. The number of rotatable bonds is 7. The Morgan fingerprint density at radius 2 is 2.08 bits per heavy atom. The SMILES string of the molecule is C/N=C1/CCOCC1n1cc(C(N)=O)c(Nc2ccc(CC(=O)OC)c(B3OCC(C)(C)CO3)c2)n1. The maximum atomic E-state index is 12.2. The highest BCUT2D eigenvalue weighted by atomic mass is 16.6. The van der Waals surface area contributed by atoms with Crippen LogP contribution in [0.4, 0.5) is 11.5 Å². The molecule has 0 saturated carbocycles. The first-order valence-electron chi connectivity index (χ1n) is 11.8. The topological polar surface area (TPSA) is 139 Å². The number of aromatic nitrogens is 2. The van der Waals surface area contributed by atoms with E-state index in [2.05, 4.69) is 29.3 Å². The van der Waals surface area contributed by atoms with Gasteiger partial charge in [0.25, 0.3) is 5.91 Å². The summed E-state index contributed by atoms with van der Waals surface area (Å²) >= 11 is 0. The van der Waals surface area contributed by atoms with Crippen LogP contribution in [0, 0.1) is 5.41 Å². The van der Waals surface area contributed by atoms with E-state index in [-0.39, 0.29) is 29.4 Å². The lowest BCUT2D eigenvalue weighted by Crippen LogP contribution is -2.48. The average Bonchev–Trinajstić information content (AvgIpc) is 3.28. The molecule has 0 radical (unpaired) electrons. The zero-order valence-corrected chi connectivity index (χ0v) is 21.1. The molecule has 0 aliphatic carbocycles. The van der Waals surface area contributed by atoms with Gasteiger partial charge in [-0.05, 0) is 23.2 Å². The minimum Gasteiger partial charge on any atom is -0.469 e. The molecule has 2 aliphatic heterocycles. The molecule has 3 N–H and O–H groups in total. The number of ether oxygens (including phenoxy) is 2. The maximum absolute atomic E-state index is 12.2. The molecule has 2 fully saturated rings. The van der Waals surface area contributed by atoms with Crippen molar-refractivity contribution < 1.29 is 28.4 Å². The Labute approximate surface area is 210 Å². The minimum atomic E-state index is -0.643. The van der Waals surface area contributed by atoms with Gasteiger partial charge in [0.2, 0.25) is 0 Å². The second kappa shape index (κ2) is 10.8. The fourth-order valence-electron chi connectivity index (χ4n) is 4.24. The number of hydrogen-bond donors (Lipinski definition) is 2. The van der Waals surface area contributed by atoms with Gasteiger partial charge in [0.1, 0.15) is 11.6 Å². The standard InChI is InChI=1S/C24H32BN5O6/c1-24(2)13-35-25(36-14-24)18-10-16(6-5-15(18)9-21(31)33-4)28-23-17(22(26)32)11-30(29-23)20-12-34-8-7-19(20)27-3/h5-6,10-11,20H,7-9,12-14H2,1-4H3,(H2,26,32)(H,28,29)/b27-19-. The zero-order chi connectivity index (χ0) is 25.9. The summed E-state index contributed by atoms with van der Waals surface area (Å²) in [6.45, 7) is 6.14. The van der Waals surface area contributed by atoms with Gasteiger partial charge in [-0.3, -0.25) is 19.3 Å². The lowest BCUT2D eigenvalue weighted by molar-refractivity contribution is -0.139. The molecule has 1 atom stereocenters. The van der Waals surface area contributed by atoms with E-state index in [1.54, 1.807) is 30.1 Å². The van der Waals surface area contributed by atoms with Crippen LogP contribution < -0.4 is 16.5 Å². The fourth-order valence-corrected chi connectivity index (χ4v) is 4.24. The Bertz CT molecular complexity index is 1150. The molecule has 4 rings (SSSR count). The molecule has 2 saturated heterocycles. The smallest absolute Gasteiger partial charge is 0.469 e. The Morgan fingerprint density at radius 3 is 2.75 bits per heavy atom. The first-order chi connectivity index (χ1) is 17.2. The molecule has 36 heavy (non-hydrogen) atoms. The molecule has 2 aromatic rings. The molecule has 3 heterocycles. The van der Waals surface area contributed by atoms with Crippen LogP contribution in [0.2, 0.25) is 0 Å². The van der Waals surface area contributed by atoms with Gasteiger partial charge in [-0.25, -0.2) is 0 Å². The van der Waals surface area contributed by atoms with Crippen molar-refractivity contribution in [2.45, 2.75) is 32.7 Å². The fraction of sp³-hybridized carbons (Fsp3) is 0.500. The molecule has 11 nitrogen and oxygen atoms in total. The third-order valence-corrected chi connectivity index (χ3v) is 6.24. The third kappa shape index (κ3) is 5.77. The van der Waals surface area contributed by atoms with Crippen molar-refractivity contribution in [1.82, 2.24) is 9.78 Å². The molecule has 1 aromatic heterocycles. The van der Waals surface area contributed by atoms with E-state index in [1.165, 1.54) is 7.11 Å². The summed E-state index contributed by atoms with van der Waals surface area (Å²) in [5.74, 6) is -0.674. The van der Waals surface area contributed by atoms with E-state index in [4.69, 9.17) is 24.5 Å². The summed E-state index contributed by atoms with van der Waals surface area (Å²) in [4.78, 5) is 28.6. The van der Waals surface area contributed by atoms with E-state index in [0.717, 1.165) is 11.3 Å². The van der Waals surface area contributed by atoms with Gasteiger partial charge in [-0.2, -0.15) is 5.10 Å². The van der Waals surface area contributed by atoms with Crippen LogP contribution in [0.15, 0.2) is 29.4 Å². The molecule has 12 heteroatoms. The van der Waals surface area contributed by atoms with Gasteiger partial charge >= 0.3 is 13.1 Å². The molecule has 0 spiro atoms. The summed E-state index contributed by atoms with van der Waals surface area (Å²) in [6, 6.07) is 5.20. The Hall–Kier alpha value is -3.22. The van der Waals surface area contributed by atoms with Gasteiger partial charge in [0.15, 0.2) is 5.82 Å². The second-order valence-electron chi connectivity index (χ2n) is 9.70. The Kier molecular flexibility index (Phi) is 7.77. The van der Waals surface area contributed by atoms with Gasteiger partial charge < -0.3 is 29.8 Å². The first kappa shape index (κ1) is 25.9. The maximum Gasteiger partial charge on any atom is 0.494 e. The zero-order valence-electron chi connectivity index (χ0n) is 21.1. The first-order valence-corrected chi connectivity index (χ1v) is 11.8. The van der Waals surface area contributed by atoms with Gasteiger partial charge in [0, 0.05) is 49.7 Å². The number of methoxy groups -OCH3 is 1. The summed E-state index contributed by atoms with van der Waals surface area (Å²) in [5.41, 5.74) is 8.78. The molecular weight excluding hydrogens is 465 g/mol.